The first-order valence-electron chi connectivity index (χ1n) is 6.43. The molecule has 0 saturated carbocycles. The van der Waals surface area contributed by atoms with Crippen LogP contribution in [0.5, 0.6) is 0 Å². The van der Waals surface area contributed by atoms with E-state index in [4.69, 9.17) is 4.74 Å². The number of aromatic nitrogens is 2. The molecular formula is C13H15N5O4. The second-order valence-electron chi connectivity index (χ2n) is 4.15. The summed E-state index contributed by atoms with van der Waals surface area (Å²) in [5.74, 6) is 0. The van der Waals surface area contributed by atoms with E-state index in [1.807, 2.05) is 18.2 Å². The largest absolute Gasteiger partial charge is 0.383 e. The summed E-state index contributed by atoms with van der Waals surface area (Å²) in [6.07, 6.45) is 1.17. The van der Waals surface area contributed by atoms with Crippen LogP contribution in [0.3, 0.4) is 0 Å². The van der Waals surface area contributed by atoms with Crippen molar-refractivity contribution >= 4 is 12.2 Å². The van der Waals surface area contributed by atoms with Gasteiger partial charge in [-0.1, -0.05) is 30.3 Å². The highest BCUT2D eigenvalue weighted by atomic mass is 16.8. The lowest BCUT2D eigenvalue weighted by Crippen LogP contribution is -2.35. The number of amides is 2. The highest BCUT2D eigenvalue weighted by Crippen LogP contribution is 2.17. The summed E-state index contributed by atoms with van der Waals surface area (Å²) in [5, 5.41) is 21.4. The highest BCUT2D eigenvalue weighted by Gasteiger charge is 2.18. The summed E-state index contributed by atoms with van der Waals surface area (Å²) >= 11 is 0. The van der Waals surface area contributed by atoms with Crippen LogP contribution in [0.25, 0.3) is 11.3 Å². The minimum absolute atomic E-state index is 0.0865. The van der Waals surface area contributed by atoms with Gasteiger partial charge in [-0.25, -0.2) is 10.2 Å². The molecule has 9 heteroatoms. The van der Waals surface area contributed by atoms with Crippen LogP contribution >= 0.6 is 0 Å². The molecule has 0 bridgehead atoms. The number of hydrazone groups is 1. The Morgan fingerprint density at radius 3 is 3.00 bits per heavy atom. The number of hydrogen-bond donors (Lipinski definition) is 2. The van der Waals surface area contributed by atoms with E-state index in [1.165, 1.54) is 13.3 Å². The van der Waals surface area contributed by atoms with Crippen molar-refractivity contribution in [2.24, 2.45) is 5.10 Å². The lowest BCUT2D eigenvalue weighted by molar-refractivity contribution is -0.803. The van der Waals surface area contributed by atoms with Crippen molar-refractivity contribution in [2.75, 3.05) is 20.3 Å². The van der Waals surface area contributed by atoms with Gasteiger partial charge >= 0.3 is 6.03 Å². The van der Waals surface area contributed by atoms with Crippen molar-refractivity contribution in [2.45, 2.75) is 0 Å². The zero-order chi connectivity index (χ0) is 15.8. The predicted octanol–water partition coefficient (Wildman–Crippen LogP) is 0.255. The third kappa shape index (κ3) is 4.03. The molecule has 116 valence electrons. The van der Waals surface area contributed by atoms with Gasteiger partial charge < -0.3 is 15.3 Å². The summed E-state index contributed by atoms with van der Waals surface area (Å²) in [7, 11) is 1.53. The van der Waals surface area contributed by atoms with Crippen LogP contribution in [0, 0.1) is 5.21 Å². The van der Waals surface area contributed by atoms with Crippen molar-refractivity contribution < 1.29 is 19.1 Å². The number of benzene rings is 1. The minimum atomic E-state index is -0.511. The SMILES string of the molecule is COCCNC(=O)N/N=C/c1c(-c2ccccc2)no[n+]1[O-]. The average Bonchev–Trinajstić information content (AvgIpc) is 2.90. The van der Waals surface area contributed by atoms with Crippen molar-refractivity contribution in [3.05, 3.63) is 41.2 Å². The molecule has 1 heterocycles. The number of methoxy groups -OCH3 is 1. The number of hydrogen-bond acceptors (Lipinski definition) is 6. The first-order valence-corrected chi connectivity index (χ1v) is 6.43. The van der Waals surface area contributed by atoms with E-state index < -0.39 is 6.03 Å². The Labute approximate surface area is 126 Å². The Morgan fingerprint density at radius 1 is 1.50 bits per heavy atom. The van der Waals surface area contributed by atoms with Crippen LogP contribution in [0.1, 0.15) is 5.69 Å². The molecule has 0 saturated heterocycles. The van der Waals surface area contributed by atoms with Crippen LogP contribution in [0.4, 0.5) is 4.79 Å². The van der Waals surface area contributed by atoms with Gasteiger partial charge in [-0.3, -0.25) is 4.63 Å². The van der Waals surface area contributed by atoms with Crippen LogP contribution in [0.15, 0.2) is 40.1 Å². The van der Waals surface area contributed by atoms with Crippen molar-refractivity contribution in [3.63, 3.8) is 0 Å². The normalized spacial score (nSPS) is 10.8. The van der Waals surface area contributed by atoms with E-state index in [-0.39, 0.29) is 10.6 Å². The number of urea groups is 1. The van der Waals surface area contributed by atoms with E-state index in [1.54, 1.807) is 12.1 Å². The van der Waals surface area contributed by atoms with E-state index in [2.05, 4.69) is 25.6 Å². The molecule has 2 rings (SSSR count). The molecule has 0 unspecified atom stereocenters. The van der Waals surface area contributed by atoms with Crippen LogP contribution < -0.4 is 15.6 Å². The fourth-order valence-electron chi connectivity index (χ4n) is 1.62. The minimum Gasteiger partial charge on any atom is -0.383 e. The second kappa shape index (κ2) is 7.74. The topological polar surface area (TPSA) is 116 Å². The molecule has 0 aliphatic carbocycles. The number of rotatable bonds is 6. The summed E-state index contributed by atoms with van der Waals surface area (Å²) < 4.78 is 9.35. The predicted molar refractivity (Wildman–Crippen MR) is 76.9 cm³/mol. The molecule has 0 aliphatic rings. The van der Waals surface area contributed by atoms with E-state index in [0.717, 1.165) is 0 Å². The molecule has 0 aliphatic heterocycles. The third-order valence-corrected chi connectivity index (χ3v) is 2.64. The number of ether oxygens (including phenoxy) is 1. The molecule has 22 heavy (non-hydrogen) atoms. The van der Waals surface area contributed by atoms with Crippen LogP contribution in [-0.2, 0) is 4.74 Å². The Bertz CT molecular complexity index is 641. The summed E-state index contributed by atoms with van der Waals surface area (Å²) in [5.41, 5.74) is 3.35. The maximum Gasteiger partial charge on any atom is 0.335 e. The van der Waals surface area contributed by atoms with E-state index in [0.29, 0.717) is 24.4 Å². The molecule has 9 nitrogen and oxygen atoms in total. The van der Waals surface area contributed by atoms with E-state index in [9.17, 15) is 10.0 Å². The van der Waals surface area contributed by atoms with Gasteiger partial charge in [0.1, 0.15) is 6.21 Å². The maximum absolute atomic E-state index is 11.6. The molecule has 2 N–H and O–H groups in total. The van der Waals surface area contributed by atoms with Gasteiger partial charge in [0.25, 0.3) is 5.69 Å². The van der Waals surface area contributed by atoms with Crippen molar-refractivity contribution in [1.82, 2.24) is 15.9 Å². The number of carbonyl (C=O) groups excluding carboxylic acids is 1. The first kappa shape index (κ1) is 15.4. The molecule has 0 atom stereocenters. The fourth-order valence-corrected chi connectivity index (χ4v) is 1.62. The molecule has 0 spiro atoms. The first-order chi connectivity index (χ1) is 10.7. The van der Waals surface area contributed by atoms with Crippen molar-refractivity contribution in [3.8, 4) is 11.3 Å². The fraction of sp³-hybridized carbons (Fsp3) is 0.231. The summed E-state index contributed by atoms with van der Waals surface area (Å²) in [4.78, 5) is 11.6. The van der Waals surface area contributed by atoms with Crippen LogP contribution in [0.2, 0.25) is 0 Å². The number of carbonyl (C=O) groups is 1. The van der Waals surface area contributed by atoms with Crippen molar-refractivity contribution in [1.29, 1.82) is 0 Å². The Hall–Kier alpha value is -2.94. The molecule has 0 radical (unpaired) electrons. The van der Waals surface area contributed by atoms with Gasteiger partial charge in [0.2, 0.25) is 5.69 Å². The lowest BCUT2D eigenvalue weighted by atomic mass is 10.1. The monoisotopic (exact) mass is 305 g/mol. The van der Waals surface area contributed by atoms with Gasteiger partial charge in [0.15, 0.2) is 0 Å². The zero-order valence-electron chi connectivity index (χ0n) is 11.9. The standard InChI is InChI=1S/C13H15N5O4/c1-21-8-7-14-13(19)16-15-9-11-12(17-22-18(11)20)10-5-3-2-4-6-10/h2-6,9H,7-8H2,1H3,(H2,14,16,19)/b15-9+. The third-order valence-electron chi connectivity index (χ3n) is 2.64. The van der Waals surface area contributed by atoms with Gasteiger partial charge in [0, 0.05) is 24.4 Å². The number of nitrogens with zero attached hydrogens (tertiary/aromatic N) is 3. The van der Waals surface area contributed by atoms with Gasteiger partial charge in [-0.05, 0) is 4.90 Å². The molecule has 1 aromatic heterocycles. The van der Waals surface area contributed by atoms with Gasteiger partial charge in [-0.15, -0.1) is 0 Å². The molecule has 2 amide bonds. The van der Waals surface area contributed by atoms with E-state index >= 15 is 0 Å². The maximum atomic E-state index is 11.6. The lowest BCUT2D eigenvalue weighted by Gasteiger charge is -2.02. The Balaban J connectivity index is 2.02. The van der Waals surface area contributed by atoms with Gasteiger partial charge in [-0.2, -0.15) is 5.10 Å². The summed E-state index contributed by atoms with van der Waals surface area (Å²) in [6, 6.07) is 8.50. The molecular weight excluding hydrogens is 290 g/mol. The molecule has 0 fully saturated rings. The Morgan fingerprint density at radius 2 is 2.27 bits per heavy atom. The molecule has 2 aromatic rings. The average molecular weight is 305 g/mol. The summed E-state index contributed by atoms with van der Waals surface area (Å²) in [6.45, 7) is 0.740. The number of nitrogens with one attached hydrogen (secondary N) is 2. The smallest absolute Gasteiger partial charge is 0.335 e. The molecule has 1 aromatic carbocycles. The quantitative estimate of drug-likeness (QED) is 0.343. The Kier molecular flexibility index (Phi) is 5.44. The second-order valence-corrected chi connectivity index (χ2v) is 4.15. The highest BCUT2D eigenvalue weighted by molar-refractivity contribution is 5.85. The van der Waals surface area contributed by atoms with Gasteiger partial charge in [0.05, 0.1) is 6.61 Å². The zero-order valence-corrected chi connectivity index (χ0v) is 11.9. The van der Waals surface area contributed by atoms with Crippen LogP contribution in [-0.4, -0.2) is 37.7 Å².